The molecule has 142 valence electrons. The summed E-state index contributed by atoms with van der Waals surface area (Å²) in [5, 5.41) is 0. The fraction of sp³-hybridized carbons (Fsp3) is 0.556. The largest absolute Gasteiger partial charge is 0.401 e. The van der Waals surface area contributed by atoms with Crippen LogP contribution in [-0.4, -0.2) is 78.5 Å². The Bertz CT molecular complexity index is 635. The summed E-state index contributed by atoms with van der Waals surface area (Å²) in [7, 11) is 0. The number of rotatable bonds is 6. The molecule has 1 aromatic carbocycles. The lowest BCUT2D eigenvalue weighted by atomic mass is 10.1. The molecule has 1 aromatic rings. The van der Waals surface area contributed by atoms with Crippen LogP contribution in [0.4, 0.5) is 13.2 Å². The number of nitrogens with zero attached hydrogens (tertiary/aromatic N) is 3. The van der Waals surface area contributed by atoms with E-state index in [4.69, 9.17) is 0 Å². The van der Waals surface area contributed by atoms with E-state index < -0.39 is 12.7 Å². The summed E-state index contributed by atoms with van der Waals surface area (Å²) < 4.78 is 37.1. The molecule has 0 radical (unpaired) electrons. The molecule has 2 amide bonds. The zero-order valence-electron chi connectivity index (χ0n) is 14.5. The van der Waals surface area contributed by atoms with Crippen LogP contribution in [0.2, 0.25) is 0 Å². The van der Waals surface area contributed by atoms with Gasteiger partial charge in [0.2, 0.25) is 0 Å². The van der Waals surface area contributed by atoms with Crippen LogP contribution in [0.25, 0.3) is 0 Å². The topological polar surface area (TPSA) is 43.9 Å². The number of amides is 2. The first-order valence-corrected chi connectivity index (χ1v) is 8.82. The zero-order chi connectivity index (χ0) is 18.7. The monoisotopic (exact) mass is 369 g/mol. The molecule has 26 heavy (non-hydrogen) atoms. The summed E-state index contributed by atoms with van der Waals surface area (Å²) in [4.78, 5) is 29.3. The van der Waals surface area contributed by atoms with Gasteiger partial charge in [0.25, 0.3) is 11.8 Å². The van der Waals surface area contributed by atoms with Crippen molar-refractivity contribution >= 4 is 11.8 Å². The van der Waals surface area contributed by atoms with Crippen LogP contribution >= 0.6 is 0 Å². The summed E-state index contributed by atoms with van der Waals surface area (Å²) in [6, 6.07) is 6.81. The van der Waals surface area contributed by atoms with Gasteiger partial charge in [-0.15, -0.1) is 0 Å². The van der Waals surface area contributed by atoms with Crippen LogP contribution in [0.1, 0.15) is 33.6 Å². The second-order valence-electron chi connectivity index (χ2n) is 6.75. The molecule has 2 aliphatic rings. The molecule has 0 aromatic heterocycles. The highest BCUT2D eigenvalue weighted by Crippen LogP contribution is 2.22. The summed E-state index contributed by atoms with van der Waals surface area (Å²) in [6.45, 7) is 2.35. The van der Waals surface area contributed by atoms with Crippen molar-refractivity contribution < 1.29 is 22.8 Å². The Kier molecular flexibility index (Phi) is 5.62. The molecule has 0 atom stereocenters. The Morgan fingerprint density at radius 3 is 1.85 bits per heavy atom. The van der Waals surface area contributed by atoms with Gasteiger partial charge in [0.05, 0.1) is 17.7 Å². The first kappa shape index (κ1) is 18.8. The fourth-order valence-corrected chi connectivity index (χ4v) is 3.47. The highest BCUT2D eigenvalue weighted by atomic mass is 19.4. The third-order valence-corrected chi connectivity index (χ3v) is 4.85. The smallest absolute Gasteiger partial charge is 0.301 e. The third kappa shape index (κ3) is 4.42. The molecule has 0 spiro atoms. The highest BCUT2D eigenvalue weighted by Gasteiger charge is 2.34. The lowest BCUT2D eigenvalue weighted by molar-refractivity contribution is -0.149. The second kappa shape index (κ2) is 7.75. The number of hydrogen-bond donors (Lipinski definition) is 0. The number of imide groups is 1. The van der Waals surface area contributed by atoms with E-state index in [2.05, 4.69) is 4.90 Å². The van der Waals surface area contributed by atoms with Crippen molar-refractivity contribution in [2.45, 2.75) is 19.0 Å². The molecule has 3 rings (SSSR count). The minimum atomic E-state index is -4.14. The van der Waals surface area contributed by atoms with Gasteiger partial charge in [0.15, 0.2) is 0 Å². The van der Waals surface area contributed by atoms with Gasteiger partial charge in [-0.1, -0.05) is 12.1 Å². The van der Waals surface area contributed by atoms with E-state index in [1.807, 2.05) is 0 Å². The van der Waals surface area contributed by atoms with Crippen molar-refractivity contribution in [1.29, 1.82) is 0 Å². The maximum Gasteiger partial charge on any atom is 0.401 e. The van der Waals surface area contributed by atoms with E-state index in [0.717, 1.165) is 13.0 Å². The third-order valence-electron chi connectivity index (χ3n) is 4.85. The van der Waals surface area contributed by atoms with Crippen LogP contribution in [0, 0.1) is 0 Å². The van der Waals surface area contributed by atoms with Crippen molar-refractivity contribution in [3.05, 3.63) is 35.4 Å². The molecule has 1 fully saturated rings. The Morgan fingerprint density at radius 2 is 1.31 bits per heavy atom. The molecule has 5 nitrogen and oxygen atoms in total. The van der Waals surface area contributed by atoms with E-state index in [1.54, 1.807) is 24.3 Å². The van der Waals surface area contributed by atoms with E-state index >= 15 is 0 Å². The van der Waals surface area contributed by atoms with E-state index in [0.29, 0.717) is 50.3 Å². The lowest BCUT2D eigenvalue weighted by Gasteiger charge is -2.35. The molecule has 1 saturated heterocycles. The van der Waals surface area contributed by atoms with Crippen LogP contribution < -0.4 is 0 Å². The highest BCUT2D eigenvalue weighted by molar-refractivity contribution is 6.21. The van der Waals surface area contributed by atoms with Crippen molar-refractivity contribution in [3.8, 4) is 0 Å². The quantitative estimate of drug-likeness (QED) is 0.570. The van der Waals surface area contributed by atoms with Crippen LogP contribution in [0.3, 0.4) is 0 Å². The first-order chi connectivity index (χ1) is 12.3. The average molecular weight is 369 g/mol. The van der Waals surface area contributed by atoms with Crippen LogP contribution in [0.15, 0.2) is 24.3 Å². The van der Waals surface area contributed by atoms with E-state index in [-0.39, 0.29) is 11.8 Å². The number of fused-ring (bicyclic) bond motifs is 1. The normalized spacial score (nSPS) is 19.3. The first-order valence-electron chi connectivity index (χ1n) is 8.82. The number of benzene rings is 1. The Labute approximate surface area is 150 Å². The van der Waals surface area contributed by atoms with Gasteiger partial charge < -0.3 is 4.90 Å². The SMILES string of the molecule is O=C1c2ccccc2C(=O)N1CCCCN1CCN(CC(F)(F)F)CC1. The van der Waals surface area contributed by atoms with Gasteiger partial charge in [-0.2, -0.15) is 13.2 Å². The van der Waals surface area contributed by atoms with E-state index in [1.165, 1.54) is 9.80 Å². The predicted octanol–water partition coefficient (Wildman–Crippen LogP) is 2.24. The Balaban J connectivity index is 1.37. The van der Waals surface area contributed by atoms with Gasteiger partial charge in [-0.3, -0.25) is 19.4 Å². The zero-order valence-corrected chi connectivity index (χ0v) is 14.5. The molecule has 0 N–H and O–H groups in total. The minimum absolute atomic E-state index is 0.244. The van der Waals surface area contributed by atoms with Gasteiger partial charge in [-0.05, 0) is 31.5 Å². The lowest BCUT2D eigenvalue weighted by Crippen LogP contribution is -2.49. The van der Waals surface area contributed by atoms with Crippen molar-refractivity contribution in [1.82, 2.24) is 14.7 Å². The summed E-state index contributed by atoms with van der Waals surface area (Å²) >= 11 is 0. The molecule has 0 bridgehead atoms. The molecule has 0 aliphatic carbocycles. The summed E-state index contributed by atoms with van der Waals surface area (Å²) in [5.74, 6) is -0.488. The van der Waals surface area contributed by atoms with E-state index in [9.17, 15) is 22.8 Å². The standard InChI is InChI=1S/C18H22F3N3O2/c19-18(20,21)13-23-11-9-22(10-12-23)7-3-4-8-24-16(25)14-5-1-2-6-15(14)17(24)26/h1-2,5-6H,3-4,7-13H2. The molecular formula is C18H22F3N3O2. The number of carbonyl (C=O) groups is 2. The minimum Gasteiger partial charge on any atom is -0.301 e. The molecule has 0 unspecified atom stereocenters. The molecule has 2 aliphatic heterocycles. The van der Waals surface area contributed by atoms with Crippen molar-refractivity contribution in [2.24, 2.45) is 0 Å². The second-order valence-corrected chi connectivity index (χ2v) is 6.75. The van der Waals surface area contributed by atoms with Crippen molar-refractivity contribution in [2.75, 3.05) is 45.8 Å². The molecule has 2 heterocycles. The number of unbranched alkanes of at least 4 members (excludes halogenated alkanes) is 1. The number of carbonyl (C=O) groups excluding carboxylic acids is 2. The number of alkyl halides is 3. The van der Waals surface area contributed by atoms with Gasteiger partial charge in [0, 0.05) is 32.7 Å². The molecule has 8 heteroatoms. The fourth-order valence-electron chi connectivity index (χ4n) is 3.47. The summed E-state index contributed by atoms with van der Waals surface area (Å²) in [6.07, 6.45) is -2.66. The Hall–Kier alpha value is -1.93. The number of piperazine rings is 1. The predicted molar refractivity (Wildman–Crippen MR) is 90.0 cm³/mol. The van der Waals surface area contributed by atoms with Gasteiger partial charge in [0.1, 0.15) is 0 Å². The van der Waals surface area contributed by atoms with Crippen LogP contribution in [-0.2, 0) is 0 Å². The number of hydrogen-bond acceptors (Lipinski definition) is 4. The maximum absolute atomic E-state index is 12.4. The average Bonchev–Trinajstić information content (AvgIpc) is 2.84. The van der Waals surface area contributed by atoms with Crippen molar-refractivity contribution in [3.63, 3.8) is 0 Å². The maximum atomic E-state index is 12.4. The van der Waals surface area contributed by atoms with Crippen LogP contribution in [0.5, 0.6) is 0 Å². The summed E-state index contributed by atoms with van der Waals surface area (Å²) in [5.41, 5.74) is 0.913. The molecular weight excluding hydrogens is 347 g/mol. The Morgan fingerprint density at radius 1 is 0.808 bits per heavy atom. The van der Waals surface area contributed by atoms with Gasteiger partial charge >= 0.3 is 6.18 Å². The van der Waals surface area contributed by atoms with Gasteiger partial charge in [-0.25, -0.2) is 0 Å². The molecule has 0 saturated carbocycles. The number of halogens is 3.